The number of rotatable bonds is 5. The number of carbonyl (C=O) groups is 3. The highest BCUT2D eigenvalue weighted by atomic mass is 19.4. The van der Waals surface area contributed by atoms with E-state index in [0.29, 0.717) is 23.0 Å². The lowest BCUT2D eigenvalue weighted by atomic mass is 10.1. The molecular formula is C21H17F3N6O3. The Labute approximate surface area is 185 Å². The molecule has 0 atom stereocenters. The topological polar surface area (TPSA) is 109 Å². The normalized spacial score (nSPS) is 13.3. The van der Waals surface area contributed by atoms with Gasteiger partial charge in [-0.25, -0.2) is 9.78 Å². The van der Waals surface area contributed by atoms with Crippen molar-refractivity contribution in [3.63, 3.8) is 0 Å². The first-order valence-electron chi connectivity index (χ1n) is 9.75. The minimum Gasteiger partial charge on any atom is -0.336 e. The summed E-state index contributed by atoms with van der Waals surface area (Å²) in [7, 11) is 0. The van der Waals surface area contributed by atoms with Crippen LogP contribution in [0, 0.1) is 6.92 Å². The summed E-state index contributed by atoms with van der Waals surface area (Å²) < 4.78 is 39.5. The number of aryl methyl sites for hydroxylation is 1. The Hall–Kier alpha value is -4.22. The van der Waals surface area contributed by atoms with E-state index < -0.39 is 29.6 Å². The van der Waals surface area contributed by atoms with Gasteiger partial charge in [0.15, 0.2) is 5.82 Å². The zero-order valence-corrected chi connectivity index (χ0v) is 17.2. The van der Waals surface area contributed by atoms with E-state index in [-0.39, 0.29) is 24.7 Å². The van der Waals surface area contributed by atoms with Crippen LogP contribution in [0.15, 0.2) is 48.7 Å². The summed E-state index contributed by atoms with van der Waals surface area (Å²) in [5, 5.41) is 9.22. The van der Waals surface area contributed by atoms with Crippen molar-refractivity contribution in [3.05, 3.63) is 71.0 Å². The molecule has 2 aromatic heterocycles. The standard InChI is InChI=1S/C21H17F3N6O3/c1-12-10-17(30(28-12)16-7-6-13(11-26-16)21(22,23)24)27-20(33)25-8-9-29-18(31)14-4-2-3-5-15(14)19(29)32/h2-7,10-11H,8-9H2,1H3,(H2,25,27,33). The molecule has 33 heavy (non-hydrogen) atoms. The van der Waals surface area contributed by atoms with Gasteiger partial charge in [-0.05, 0) is 31.2 Å². The van der Waals surface area contributed by atoms with E-state index in [1.54, 1.807) is 31.2 Å². The highest BCUT2D eigenvalue weighted by Crippen LogP contribution is 2.29. The van der Waals surface area contributed by atoms with Gasteiger partial charge in [-0.3, -0.25) is 19.8 Å². The van der Waals surface area contributed by atoms with Crippen molar-refractivity contribution >= 4 is 23.7 Å². The van der Waals surface area contributed by atoms with Crippen molar-refractivity contribution in [1.29, 1.82) is 0 Å². The van der Waals surface area contributed by atoms with Crippen LogP contribution in [0.3, 0.4) is 0 Å². The maximum Gasteiger partial charge on any atom is 0.417 e. The van der Waals surface area contributed by atoms with Gasteiger partial charge in [0.1, 0.15) is 5.82 Å². The number of hydrogen-bond acceptors (Lipinski definition) is 5. The summed E-state index contributed by atoms with van der Waals surface area (Å²) in [4.78, 5) is 41.9. The van der Waals surface area contributed by atoms with Crippen molar-refractivity contribution in [2.24, 2.45) is 0 Å². The number of aromatic nitrogens is 3. The predicted octanol–water partition coefficient (Wildman–Crippen LogP) is 3.01. The lowest BCUT2D eigenvalue weighted by Crippen LogP contribution is -2.39. The molecular weight excluding hydrogens is 441 g/mol. The van der Waals surface area contributed by atoms with Gasteiger partial charge in [-0.15, -0.1) is 0 Å². The third-order valence-corrected chi connectivity index (χ3v) is 4.86. The second-order valence-electron chi connectivity index (χ2n) is 7.17. The van der Waals surface area contributed by atoms with E-state index in [2.05, 4.69) is 20.7 Å². The van der Waals surface area contributed by atoms with Gasteiger partial charge in [-0.1, -0.05) is 12.1 Å². The van der Waals surface area contributed by atoms with Crippen LogP contribution in [-0.4, -0.2) is 50.6 Å². The van der Waals surface area contributed by atoms with E-state index in [1.165, 1.54) is 10.7 Å². The lowest BCUT2D eigenvalue weighted by molar-refractivity contribution is -0.137. The Morgan fingerprint density at radius 2 is 1.73 bits per heavy atom. The largest absolute Gasteiger partial charge is 0.417 e. The van der Waals surface area contributed by atoms with Gasteiger partial charge < -0.3 is 5.32 Å². The van der Waals surface area contributed by atoms with E-state index in [0.717, 1.165) is 17.0 Å². The number of carbonyl (C=O) groups excluding carboxylic acids is 3. The van der Waals surface area contributed by atoms with Crippen molar-refractivity contribution in [3.8, 4) is 5.82 Å². The second-order valence-corrected chi connectivity index (χ2v) is 7.17. The van der Waals surface area contributed by atoms with Gasteiger partial charge in [0, 0.05) is 25.4 Å². The summed E-state index contributed by atoms with van der Waals surface area (Å²) in [6, 6.07) is 9.32. The molecule has 0 bridgehead atoms. The fraction of sp³-hybridized carbons (Fsp3) is 0.190. The molecule has 1 aromatic carbocycles. The Morgan fingerprint density at radius 1 is 1.06 bits per heavy atom. The molecule has 3 heterocycles. The number of halogens is 3. The van der Waals surface area contributed by atoms with E-state index in [1.807, 2.05) is 0 Å². The number of imide groups is 1. The molecule has 1 aliphatic heterocycles. The summed E-state index contributed by atoms with van der Waals surface area (Å²) in [5.74, 6) is -0.602. The first kappa shape index (κ1) is 22.0. The number of anilines is 1. The van der Waals surface area contributed by atoms with Gasteiger partial charge in [0.2, 0.25) is 0 Å². The monoisotopic (exact) mass is 458 g/mol. The Kier molecular flexibility index (Phi) is 5.58. The molecule has 0 spiro atoms. The number of amides is 4. The molecule has 1 aliphatic rings. The SMILES string of the molecule is Cc1cc(NC(=O)NCCN2C(=O)c3ccccc3C2=O)n(-c2ccc(C(F)(F)F)cn2)n1. The van der Waals surface area contributed by atoms with E-state index in [4.69, 9.17) is 0 Å². The Balaban J connectivity index is 1.38. The summed E-state index contributed by atoms with van der Waals surface area (Å²) in [6.45, 7) is 1.60. The lowest BCUT2D eigenvalue weighted by Gasteiger charge is -2.15. The van der Waals surface area contributed by atoms with Gasteiger partial charge in [0.25, 0.3) is 11.8 Å². The van der Waals surface area contributed by atoms with Crippen LogP contribution in [0.5, 0.6) is 0 Å². The molecule has 170 valence electrons. The first-order valence-corrected chi connectivity index (χ1v) is 9.75. The highest BCUT2D eigenvalue weighted by Gasteiger charge is 2.34. The maximum absolute atomic E-state index is 12.8. The van der Waals surface area contributed by atoms with Crippen LogP contribution in [0.1, 0.15) is 32.0 Å². The van der Waals surface area contributed by atoms with Crippen molar-refractivity contribution in [2.45, 2.75) is 13.1 Å². The minimum absolute atomic E-state index is 0.0110. The minimum atomic E-state index is -4.52. The number of benzene rings is 1. The fourth-order valence-corrected chi connectivity index (χ4v) is 3.33. The zero-order chi connectivity index (χ0) is 23.8. The molecule has 3 aromatic rings. The van der Waals surface area contributed by atoms with Gasteiger partial charge in [-0.2, -0.15) is 23.0 Å². The number of nitrogens with one attached hydrogen (secondary N) is 2. The van der Waals surface area contributed by atoms with Crippen LogP contribution < -0.4 is 10.6 Å². The molecule has 4 rings (SSSR count). The summed E-state index contributed by atoms with van der Waals surface area (Å²) in [5.41, 5.74) is 0.222. The molecule has 0 saturated heterocycles. The average Bonchev–Trinajstić information content (AvgIpc) is 3.25. The molecule has 0 saturated carbocycles. The smallest absolute Gasteiger partial charge is 0.336 e. The molecule has 2 N–H and O–H groups in total. The molecule has 0 unspecified atom stereocenters. The maximum atomic E-state index is 12.8. The van der Waals surface area contributed by atoms with E-state index in [9.17, 15) is 27.6 Å². The van der Waals surface area contributed by atoms with E-state index >= 15 is 0 Å². The second kappa shape index (κ2) is 8.37. The van der Waals surface area contributed by atoms with Crippen LogP contribution in [0.2, 0.25) is 0 Å². The molecule has 12 heteroatoms. The quantitative estimate of drug-likeness (QED) is 0.572. The Morgan fingerprint density at radius 3 is 2.30 bits per heavy atom. The molecule has 0 radical (unpaired) electrons. The fourth-order valence-electron chi connectivity index (χ4n) is 3.33. The van der Waals surface area contributed by atoms with Crippen LogP contribution in [-0.2, 0) is 6.18 Å². The molecule has 0 aliphatic carbocycles. The van der Waals surface area contributed by atoms with Crippen molar-refractivity contribution < 1.29 is 27.6 Å². The molecule has 4 amide bonds. The summed E-state index contributed by atoms with van der Waals surface area (Å²) in [6.07, 6.45) is -3.84. The first-order chi connectivity index (χ1) is 15.6. The number of fused-ring (bicyclic) bond motifs is 1. The summed E-state index contributed by atoms with van der Waals surface area (Å²) >= 11 is 0. The highest BCUT2D eigenvalue weighted by molar-refractivity contribution is 6.21. The predicted molar refractivity (Wildman–Crippen MR) is 110 cm³/mol. The third kappa shape index (κ3) is 4.40. The van der Waals surface area contributed by atoms with Crippen molar-refractivity contribution in [1.82, 2.24) is 25.0 Å². The van der Waals surface area contributed by atoms with Crippen LogP contribution >= 0.6 is 0 Å². The van der Waals surface area contributed by atoms with Crippen molar-refractivity contribution in [2.75, 3.05) is 18.4 Å². The molecule has 9 nitrogen and oxygen atoms in total. The third-order valence-electron chi connectivity index (χ3n) is 4.86. The van der Waals surface area contributed by atoms with Crippen LogP contribution in [0.4, 0.5) is 23.8 Å². The molecule has 0 fully saturated rings. The zero-order valence-electron chi connectivity index (χ0n) is 17.2. The number of alkyl halides is 3. The number of urea groups is 1. The number of pyridine rings is 1. The Bertz CT molecular complexity index is 1200. The number of hydrogen-bond donors (Lipinski definition) is 2. The van der Waals surface area contributed by atoms with Gasteiger partial charge >= 0.3 is 12.2 Å². The average molecular weight is 458 g/mol. The number of nitrogens with zero attached hydrogens (tertiary/aromatic N) is 4. The van der Waals surface area contributed by atoms with Gasteiger partial charge in [0.05, 0.1) is 22.4 Å². The van der Waals surface area contributed by atoms with Crippen LogP contribution in [0.25, 0.3) is 5.82 Å².